The minimum absolute atomic E-state index is 0.669. The molecule has 0 radical (unpaired) electrons. The van der Waals surface area contributed by atoms with Crippen molar-refractivity contribution in [2.24, 2.45) is 0 Å². The van der Waals surface area contributed by atoms with Crippen molar-refractivity contribution in [1.82, 2.24) is 4.98 Å². The lowest BCUT2D eigenvalue weighted by atomic mass is 10.2. The average molecular weight is 167 g/mol. The van der Waals surface area contributed by atoms with Gasteiger partial charge in [-0.25, -0.2) is 4.98 Å². The van der Waals surface area contributed by atoms with Gasteiger partial charge in [-0.3, -0.25) is 4.79 Å². The lowest BCUT2D eigenvalue weighted by Gasteiger charge is -1.98. The highest BCUT2D eigenvalue weighted by Gasteiger charge is 1.98. The van der Waals surface area contributed by atoms with Crippen LogP contribution >= 0.6 is 11.8 Å². The zero-order chi connectivity index (χ0) is 8.27. The van der Waals surface area contributed by atoms with Crippen LogP contribution in [0.25, 0.3) is 0 Å². The molecule has 0 atom stereocenters. The largest absolute Gasteiger partial charge is 0.298 e. The van der Waals surface area contributed by atoms with Crippen LogP contribution in [0.5, 0.6) is 0 Å². The third-order valence-corrected chi connectivity index (χ3v) is 2.08. The van der Waals surface area contributed by atoms with E-state index in [-0.39, 0.29) is 0 Å². The van der Waals surface area contributed by atoms with Crippen molar-refractivity contribution in [2.45, 2.75) is 11.9 Å². The SMILES string of the molecule is CSc1ccc(C=O)c(C)n1. The number of nitrogens with zero attached hydrogens (tertiary/aromatic N) is 1. The van der Waals surface area contributed by atoms with Crippen LogP contribution in [0.3, 0.4) is 0 Å². The number of rotatable bonds is 2. The van der Waals surface area contributed by atoms with Crippen molar-refractivity contribution in [1.29, 1.82) is 0 Å². The number of hydrogen-bond donors (Lipinski definition) is 0. The van der Waals surface area contributed by atoms with Crippen molar-refractivity contribution >= 4 is 18.0 Å². The molecule has 3 heteroatoms. The van der Waals surface area contributed by atoms with Gasteiger partial charge in [0.2, 0.25) is 0 Å². The van der Waals surface area contributed by atoms with Gasteiger partial charge in [-0.2, -0.15) is 0 Å². The van der Waals surface area contributed by atoms with E-state index < -0.39 is 0 Å². The van der Waals surface area contributed by atoms with E-state index in [1.54, 1.807) is 17.8 Å². The fraction of sp³-hybridized carbons (Fsp3) is 0.250. The van der Waals surface area contributed by atoms with Crippen molar-refractivity contribution in [2.75, 3.05) is 6.26 Å². The molecule has 0 aromatic carbocycles. The average Bonchev–Trinajstić information content (AvgIpc) is 2.04. The third kappa shape index (κ3) is 1.80. The van der Waals surface area contributed by atoms with Crippen molar-refractivity contribution in [3.8, 4) is 0 Å². The van der Waals surface area contributed by atoms with Crippen LogP contribution in [0.4, 0.5) is 0 Å². The summed E-state index contributed by atoms with van der Waals surface area (Å²) in [5.74, 6) is 0. The molecular weight excluding hydrogens is 158 g/mol. The zero-order valence-electron chi connectivity index (χ0n) is 6.50. The summed E-state index contributed by atoms with van der Waals surface area (Å²) in [4.78, 5) is 14.6. The molecule has 0 amide bonds. The predicted octanol–water partition coefficient (Wildman–Crippen LogP) is 1.92. The topological polar surface area (TPSA) is 30.0 Å². The van der Waals surface area contributed by atoms with Gasteiger partial charge in [0.25, 0.3) is 0 Å². The molecule has 0 aliphatic rings. The Kier molecular flexibility index (Phi) is 2.65. The zero-order valence-corrected chi connectivity index (χ0v) is 7.31. The molecule has 0 aliphatic carbocycles. The highest BCUT2D eigenvalue weighted by atomic mass is 32.2. The van der Waals surface area contributed by atoms with E-state index >= 15 is 0 Å². The fourth-order valence-corrected chi connectivity index (χ4v) is 1.22. The second kappa shape index (κ2) is 3.53. The molecule has 2 nitrogen and oxygen atoms in total. The van der Waals surface area contributed by atoms with Gasteiger partial charge in [0.15, 0.2) is 6.29 Å². The molecule has 0 saturated carbocycles. The fourth-order valence-electron chi connectivity index (χ4n) is 0.787. The van der Waals surface area contributed by atoms with Crippen LogP contribution in [0.2, 0.25) is 0 Å². The molecule has 0 spiro atoms. The number of aromatic nitrogens is 1. The summed E-state index contributed by atoms with van der Waals surface area (Å²) in [6.45, 7) is 1.84. The second-order valence-electron chi connectivity index (χ2n) is 2.15. The van der Waals surface area contributed by atoms with E-state index in [0.717, 1.165) is 17.0 Å². The molecule has 1 rings (SSSR count). The first-order chi connectivity index (χ1) is 5.27. The minimum atomic E-state index is 0.669. The predicted molar refractivity (Wildman–Crippen MR) is 46.1 cm³/mol. The summed E-state index contributed by atoms with van der Waals surface area (Å²) in [6.07, 6.45) is 2.79. The molecule has 0 N–H and O–H groups in total. The Morgan fingerprint density at radius 2 is 2.27 bits per heavy atom. The first-order valence-electron chi connectivity index (χ1n) is 3.24. The standard InChI is InChI=1S/C8H9NOS/c1-6-7(5-10)3-4-8(9-6)11-2/h3-5H,1-2H3. The Morgan fingerprint density at radius 3 is 2.73 bits per heavy atom. The lowest BCUT2D eigenvalue weighted by molar-refractivity contribution is 0.112. The van der Waals surface area contributed by atoms with Crippen LogP contribution in [-0.4, -0.2) is 17.5 Å². The summed E-state index contributed by atoms with van der Waals surface area (Å²) >= 11 is 1.58. The summed E-state index contributed by atoms with van der Waals surface area (Å²) in [7, 11) is 0. The maximum atomic E-state index is 10.4. The van der Waals surface area contributed by atoms with E-state index in [0.29, 0.717) is 5.56 Å². The van der Waals surface area contributed by atoms with Crippen molar-refractivity contribution in [3.05, 3.63) is 23.4 Å². The maximum absolute atomic E-state index is 10.4. The number of aldehydes is 1. The van der Waals surface area contributed by atoms with E-state index in [2.05, 4.69) is 4.98 Å². The molecule has 11 heavy (non-hydrogen) atoms. The summed E-state index contributed by atoms with van der Waals surface area (Å²) < 4.78 is 0. The quantitative estimate of drug-likeness (QED) is 0.498. The van der Waals surface area contributed by atoms with E-state index in [1.165, 1.54) is 0 Å². The van der Waals surface area contributed by atoms with Gasteiger partial charge in [0.05, 0.1) is 5.03 Å². The normalized spacial score (nSPS) is 9.64. The Balaban J connectivity index is 3.09. The van der Waals surface area contributed by atoms with Crippen LogP contribution in [0.15, 0.2) is 17.2 Å². The molecule has 1 aromatic rings. The second-order valence-corrected chi connectivity index (χ2v) is 2.97. The first kappa shape index (κ1) is 8.27. The molecule has 0 aliphatic heterocycles. The van der Waals surface area contributed by atoms with E-state index in [1.807, 2.05) is 19.2 Å². The molecule has 1 heterocycles. The smallest absolute Gasteiger partial charge is 0.151 e. The molecule has 1 aromatic heterocycles. The highest BCUT2D eigenvalue weighted by Crippen LogP contribution is 2.13. The molecule has 58 valence electrons. The third-order valence-electron chi connectivity index (χ3n) is 1.44. The molecular formula is C8H9NOS. The lowest BCUT2D eigenvalue weighted by Crippen LogP contribution is -1.90. The molecule has 0 unspecified atom stereocenters. The summed E-state index contributed by atoms with van der Waals surface area (Å²) in [5.41, 5.74) is 1.47. The molecule has 0 fully saturated rings. The number of carbonyl (C=O) groups excluding carboxylic acids is 1. The number of aryl methyl sites for hydroxylation is 1. The van der Waals surface area contributed by atoms with Gasteiger partial charge in [0.1, 0.15) is 0 Å². The number of carbonyl (C=O) groups is 1. The Hall–Kier alpha value is -0.830. The Labute approximate surface area is 70.0 Å². The minimum Gasteiger partial charge on any atom is -0.298 e. The van der Waals surface area contributed by atoms with Crippen molar-refractivity contribution < 1.29 is 4.79 Å². The Morgan fingerprint density at radius 1 is 1.55 bits per heavy atom. The van der Waals surface area contributed by atoms with Crippen LogP contribution in [0.1, 0.15) is 16.1 Å². The summed E-state index contributed by atoms with van der Waals surface area (Å²) in [5, 5.41) is 0.952. The van der Waals surface area contributed by atoms with Gasteiger partial charge in [-0.1, -0.05) is 0 Å². The number of hydrogen-bond acceptors (Lipinski definition) is 3. The van der Waals surface area contributed by atoms with E-state index in [4.69, 9.17) is 0 Å². The van der Waals surface area contributed by atoms with Gasteiger partial charge in [0, 0.05) is 11.3 Å². The number of thioether (sulfide) groups is 1. The van der Waals surface area contributed by atoms with Crippen LogP contribution in [-0.2, 0) is 0 Å². The van der Waals surface area contributed by atoms with Crippen LogP contribution < -0.4 is 0 Å². The monoisotopic (exact) mass is 167 g/mol. The van der Waals surface area contributed by atoms with Gasteiger partial charge in [-0.15, -0.1) is 11.8 Å². The first-order valence-corrected chi connectivity index (χ1v) is 4.47. The number of pyridine rings is 1. The van der Waals surface area contributed by atoms with E-state index in [9.17, 15) is 4.79 Å². The van der Waals surface area contributed by atoms with Crippen LogP contribution in [0, 0.1) is 6.92 Å². The van der Waals surface area contributed by atoms with Gasteiger partial charge < -0.3 is 0 Å². The molecule has 0 bridgehead atoms. The van der Waals surface area contributed by atoms with Gasteiger partial charge in [-0.05, 0) is 25.3 Å². The van der Waals surface area contributed by atoms with Gasteiger partial charge >= 0.3 is 0 Å². The molecule has 0 saturated heterocycles. The summed E-state index contributed by atoms with van der Waals surface area (Å²) in [6, 6.07) is 3.64. The maximum Gasteiger partial charge on any atom is 0.151 e. The highest BCUT2D eigenvalue weighted by molar-refractivity contribution is 7.98. The Bertz CT molecular complexity index is 273. The van der Waals surface area contributed by atoms with Crippen molar-refractivity contribution in [3.63, 3.8) is 0 Å².